The van der Waals surface area contributed by atoms with Crippen LogP contribution in [0.25, 0.3) is 0 Å². The molecule has 0 radical (unpaired) electrons. The maximum Gasteiger partial charge on any atom is 0.00898 e. The molecule has 0 heterocycles. The summed E-state index contributed by atoms with van der Waals surface area (Å²) in [4.78, 5) is 0. The third-order valence-corrected chi connectivity index (χ3v) is 7.38. The molecule has 0 amide bonds. The lowest BCUT2D eigenvalue weighted by Gasteiger charge is -2.43. The van der Waals surface area contributed by atoms with Crippen molar-refractivity contribution in [3.05, 3.63) is 69.3 Å². The minimum atomic E-state index is 0.0487. The molecule has 0 aromatic heterocycles. The molecule has 1 atom stereocenters. The van der Waals surface area contributed by atoms with Crippen molar-refractivity contribution >= 4 is 0 Å². The van der Waals surface area contributed by atoms with E-state index in [2.05, 4.69) is 141 Å². The molecule has 0 bridgehead atoms. The molecule has 196 valence electrons. The van der Waals surface area contributed by atoms with Crippen LogP contribution in [0.5, 0.6) is 0 Å². The minimum Gasteiger partial charge on any atom is -0.0645 e. The van der Waals surface area contributed by atoms with Crippen LogP contribution < -0.4 is 0 Å². The van der Waals surface area contributed by atoms with Gasteiger partial charge in [-0.3, -0.25) is 0 Å². The predicted molar refractivity (Wildman–Crippen MR) is 159 cm³/mol. The highest BCUT2D eigenvalue weighted by molar-refractivity contribution is 5.58. The first kappa shape index (κ1) is 29.7. The summed E-state index contributed by atoms with van der Waals surface area (Å²) in [5.41, 5.74) is 11.0. The molecule has 2 aromatic rings. The van der Waals surface area contributed by atoms with Gasteiger partial charge in [-0.1, -0.05) is 141 Å². The van der Waals surface area contributed by atoms with Crippen LogP contribution in [0.15, 0.2) is 30.3 Å². The standard InChI is InChI=1S/C35H56/c1-17-25(23-18-20-24(21-19-23)31(2,3)4)26-22-27(32(5,6)7)29(34(11,12)13)30(35(14,15)16)28(26)33(8,9)10/h18-22,25H,17H2,1-16H3. The van der Waals surface area contributed by atoms with Crippen LogP contribution in [0.2, 0.25) is 0 Å². The van der Waals surface area contributed by atoms with Gasteiger partial charge in [-0.05, 0) is 72.4 Å². The monoisotopic (exact) mass is 476 g/mol. The third kappa shape index (κ3) is 6.42. The summed E-state index contributed by atoms with van der Waals surface area (Å²) in [6, 6.07) is 12.1. The second-order valence-corrected chi connectivity index (χ2v) is 16.0. The van der Waals surface area contributed by atoms with E-state index in [0.29, 0.717) is 5.92 Å². The number of rotatable bonds is 3. The van der Waals surface area contributed by atoms with Gasteiger partial charge in [0.2, 0.25) is 0 Å². The van der Waals surface area contributed by atoms with Gasteiger partial charge in [-0.15, -0.1) is 0 Å². The lowest BCUT2D eigenvalue weighted by Crippen LogP contribution is -2.33. The quantitative estimate of drug-likeness (QED) is 0.413. The van der Waals surface area contributed by atoms with E-state index in [4.69, 9.17) is 0 Å². The molecule has 0 aliphatic heterocycles. The molecule has 35 heavy (non-hydrogen) atoms. The summed E-state index contributed by atoms with van der Waals surface area (Å²) in [6.07, 6.45) is 1.10. The topological polar surface area (TPSA) is 0 Å². The Hall–Kier alpha value is -1.56. The first-order chi connectivity index (χ1) is 15.5. The van der Waals surface area contributed by atoms with E-state index in [9.17, 15) is 0 Å². The van der Waals surface area contributed by atoms with Crippen molar-refractivity contribution in [1.82, 2.24) is 0 Å². The summed E-state index contributed by atoms with van der Waals surface area (Å²) < 4.78 is 0. The predicted octanol–water partition coefficient (Wildman–Crippen LogP) is 10.7. The second-order valence-electron chi connectivity index (χ2n) is 16.0. The number of hydrogen-bond donors (Lipinski definition) is 0. The lowest BCUT2D eigenvalue weighted by molar-refractivity contribution is 0.471. The molecule has 0 heteroatoms. The van der Waals surface area contributed by atoms with Crippen LogP contribution >= 0.6 is 0 Å². The highest BCUT2D eigenvalue weighted by Gasteiger charge is 2.39. The smallest absolute Gasteiger partial charge is 0.00898 e. The molecule has 0 fully saturated rings. The zero-order valence-electron chi connectivity index (χ0n) is 26.2. The molecule has 0 spiro atoms. The minimum absolute atomic E-state index is 0.0487. The van der Waals surface area contributed by atoms with Crippen LogP contribution in [0.4, 0.5) is 0 Å². The molecule has 2 rings (SSSR count). The summed E-state index contributed by atoms with van der Waals surface area (Å²) in [6.45, 7) is 38.2. The Bertz CT molecular complexity index is 1010. The molecule has 0 saturated carbocycles. The van der Waals surface area contributed by atoms with Gasteiger partial charge in [0.15, 0.2) is 0 Å². The number of benzene rings is 2. The Morgan fingerprint density at radius 2 is 0.943 bits per heavy atom. The lowest BCUT2D eigenvalue weighted by atomic mass is 9.61. The van der Waals surface area contributed by atoms with Crippen molar-refractivity contribution in [2.75, 3.05) is 0 Å². The molecule has 1 unspecified atom stereocenters. The van der Waals surface area contributed by atoms with Crippen LogP contribution in [-0.4, -0.2) is 0 Å². The SMILES string of the molecule is CCC(c1ccc(C(C)(C)C)cc1)c1cc(C(C)(C)C)c(C(C)(C)C)c(C(C)(C)C)c1C(C)(C)C. The second kappa shape index (κ2) is 9.39. The van der Waals surface area contributed by atoms with Gasteiger partial charge in [0.25, 0.3) is 0 Å². The maximum atomic E-state index is 2.61. The van der Waals surface area contributed by atoms with Gasteiger partial charge in [-0.2, -0.15) is 0 Å². The largest absolute Gasteiger partial charge is 0.0645 e. The first-order valence-corrected chi connectivity index (χ1v) is 13.8. The number of hydrogen-bond acceptors (Lipinski definition) is 0. The summed E-state index contributed by atoms with van der Waals surface area (Å²) in [5, 5.41) is 0. The fourth-order valence-corrected chi connectivity index (χ4v) is 5.76. The molecule has 0 saturated heterocycles. The average Bonchev–Trinajstić information content (AvgIpc) is 2.64. The molecule has 0 nitrogen and oxygen atoms in total. The Kier molecular flexibility index (Phi) is 7.96. The van der Waals surface area contributed by atoms with E-state index in [1.54, 1.807) is 16.7 Å². The van der Waals surface area contributed by atoms with Crippen LogP contribution in [0, 0.1) is 0 Å². The molecule has 0 aliphatic rings. The molecule has 2 aromatic carbocycles. The molecule has 0 N–H and O–H groups in total. The molecular formula is C35H56. The fourth-order valence-electron chi connectivity index (χ4n) is 5.76. The van der Waals surface area contributed by atoms with E-state index in [0.717, 1.165) is 6.42 Å². The summed E-state index contributed by atoms with van der Waals surface area (Å²) in [7, 11) is 0. The van der Waals surface area contributed by atoms with Crippen LogP contribution in [0.3, 0.4) is 0 Å². The fraction of sp³-hybridized carbons (Fsp3) is 0.657. The molecular weight excluding hydrogens is 420 g/mol. The summed E-state index contributed by atoms with van der Waals surface area (Å²) >= 11 is 0. The van der Waals surface area contributed by atoms with E-state index < -0.39 is 0 Å². The van der Waals surface area contributed by atoms with E-state index in [-0.39, 0.29) is 27.1 Å². The van der Waals surface area contributed by atoms with E-state index in [1.165, 1.54) is 22.3 Å². The van der Waals surface area contributed by atoms with Crippen LogP contribution in [-0.2, 0) is 27.1 Å². The first-order valence-electron chi connectivity index (χ1n) is 13.8. The highest BCUT2D eigenvalue weighted by atomic mass is 14.4. The van der Waals surface area contributed by atoms with Crippen molar-refractivity contribution < 1.29 is 0 Å². The average molecular weight is 477 g/mol. The van der Waals surface area contributed by atoms with Crippen molar-refractivity contribution in [2.45, 2.75) is 150 Å². The van der Waals surface area contributed by atoms with Crippen LogP contribution in [0.1, 0.15) is 162 Å². The van der Waals surface area contributed by atoms with Gasteiger partial charge >= 0.3 is 0 Å². The normalized spacial score (nSPS) is 14.9. The Balaban J connectivity index is 3.09. The van der Waals surface area contributed by atoms with E-state index >= 15 is 0 Å². The van der Waals surface area contributed by atoms with Gasteiger partial charge < -0.3 is 0 Å². The van der Waals surface area contributed by atoms with Gasteiger partial charge in [0, 0.05) is 5.92 Å². The Morgan fingerprint density at radius 3 is 1.26 bits per heavy atom. The van der Waals surface area contributed by atoms with Crippen molar-refractivity contribution in [3.8, 4) is 0 Å². The van der Waals surface area contributed by atoms with Crippen molar-refractivity contribution in [2.24, 2.45) is 0 Å². The molecule has 0 aliphatic carbocycles. The Labute approximate surface area is 219 Å². The van der Waals surface area contributed by atoms with E-state index in [1.807, 2.05) is 0 Å². The van der Waals surface area contributed by atoms with Gasteiger partial charge in [-0.25, -0.2) is 0 Å². The third-order valence-electron chi connectivity index (χ3n) is 7.38. The summed E-state index contributed by atoms with van der Waals surface area (Å²) in [5.74, 6) is 0.384. The maximum absolute atomic E-state index is 2.61. The van der Waals surface area contributed by atoms with Crippen molar-refractivity contribution in [3.63, 3.8) is 0 Å². The van der Waals surface area contributed by atoms with Crippen molar-refractivity contribution in [1.29, 1.82) is 0 Å². The Morgan fingerprint density at radius 1 is 0.514 bits per heavy atom. The highest BCUT2D eigenvalue weighted by Crippen LogP contribution is 2.49. The van der Waals surface area contributed by atoms with Gasteiger partial charge in [0.1, 0.15) is 0 Å². The van der Waals surface area contributed by atoms with Gasteiger partial charge in [0.05, 0.1) is 0 Å². The zero-order valence-corrected chi connectivity index (χ0v) is 26.2. The zero-order chi connectivity index (χ0) is 27.4.